The van der Waals surface area contributed by atoms with Crippen LogP contribution >= 0.6 is 23.2 Å². The van der Waals surface area contributed by atoms with Crippen LogP contribution in [-0.2, 0) is 20.9 Å². The highest BCUT2D eigenvalue weighted by molar-refractivity contribution is 6.31. The number of aromatic nitrogens is 3. The summed E-state index contributed by atoms with van der Waals surface area (Å²) in [6.07, 6.45) is 1.83. The summed E-state index contributed by atoms with van der Waals surface area (Å²) in [7, 11) is 0. The van der Waals surface area contributed by atoms with Gasteiger partial charge < -0.3 is 5.11 Å². The monoisotopic (exact) mass is 463 g/mol. The number of benzene rings is 2. The zero-order chi connectivity index (χ0) is 22.0. The lowest BCUT2D eigenvalue weighted by Crippen LogP contribution is -2.51. The Labute approximate surface area is 188 Å². The Morgan fingerprint density at radius 2 is 1.90 bits per heavy atom. The Morgan fingerprint density at radius 1 is 1.13 bits per heavy atom. The molecule has 0 spiro atoms. The van der Waals surface area contributed by atoms with Crippen molar-refractivity contribution in [2.45, 2.75) is 19.4 Å². The zero-order valence-electron chi connectivity index (χ0n) is 16.5. The number of carbonyl (C=O) groups is 1. The van der Waals surface area contributed by atoms with E-state index in [4.69, 9.17) is 32.9 Å². The van der Waals surface area contributed by atoms with Gasteiger partial charge in [0.05, 0.1) is 17.6 Å². The smallest absolute Gasteiger partial charge is 0.323 e. The zero-order valence-corrected chi connectivity index (χ0v) is 18.0. The molecule has 0 radical (unpaired) electrons. The Hall–Kier alpha value is -2.69. The number of hydroxylamine groups is 3. The fourth-order valence-corrected chi connectivity index (χ4v) is 3.45. The summed E-state index contributed by atoms with van der Waals surface area (Å²) < 4.78 is 1.49. The van der Waals surface area contributed by atoms with Crippen LogP contribution in [0.25, 0.3) is 5.69 Å². The summed E-state index contributed by atoms with van der Waals surface area (Å²) in [6.45, 7) is 1.84. The highest BCUT2D eigenvalue weighted by Crippen LogP contribution is 2.30. The van der Waals surface area contributed by atoms with Gasteiger partial charge in [-0.15, -0.1) is 10.2 Å². The highest BCUT2D eigenvalue weighted by atomic mass is 35.5. The molecule has 1 saturated heterocycles. The molecule has 2 aromatic carbocycles. The van der Waals surface area contributed by atoms with Gasteiger partial charge in [0.2, 0.25) is 0 Å². The van der Waals surface area contributed by atoms with Crippen LogP contribution in [0.1, 0.15) is 11.1 Å². The second-order valence-corrected chi connectivity index (χ2v) is 7.80. The molecule has 11 heteroatoms. The first kappa shape index (κ1) is 21.5. The lowest BCUT2D eigenvalue weighted by atomic mass is 10.0. The highest BCUT2D eigenvalue weighted by Gasteiger charge is 2.32. The van der Waals surface area contributed by atoms with Crippen molar-refractivity contribution in [3.63, 3.8) is 0 Å². The third kappa shape index (κ3) is 4.97. The van der Waals surface area contributed by atoms with Crippen molar-refractivity contribution in [2.24, 2.45) is 0 Å². The van der Waals surface area contributed by atoms with Crippen molar-refractivity contribution in [1.82, 2.24) is 20.1 Å². The number of rotatable bonds is 6. The molecule has 2 heterocycles. The average molecular weight is 464 g/mol. The molecule has 1 N–H and O–H groups in total. The van der Waals surface area contributed by atoms with Gasteiger partial charge in [0.15, 0.2) is 18.6 Å². The summed E-state index contributed by atoms with van der Waals surface area (Å²) >= 11 is 12.1. The SMILES string of the molecule is Cc1ccc(CC(C(=O)O)N2CON(c3cc(Cl)ccc3-n3cc(Cl)nn3)CO2)cc1. The molecule has 1 unspecified atom stereocenters. The van der Waals surface area contributed by atoms with Gasteiger partial charge in [-0.3, -0.25) is 14.5 Å². The van der Waals surface area contributed by atoms with Crippen LogP contribution in [0.15, 0.2) is 48.7 Å². The van der Waals surface area contributed by atoms with Crippen LogP contribution in [0.5, 0.6) is 0 Å². The van der Waals surface area contributed by atoms with Gasteiger partial charge in [0, 0.05) is 11.4 Å². The quantitative estimate of drug-likeness (QED) is 0.593. The molecule has 0 bridgehead atoms. The molecule has 1 fully saturated rings. The van der Waals surface area contributed by atoms with E-state index in [0.29, 0.717) is 16.4 Å². The molecule has 0 aliphatic carbocycles. The minimum atomic E-state index is -1.00. The van der Waals surface area contributed by atoms with Gasteiger partial charge in [0.25, 0.3) is 0 Å². The van der Waals surface area contributed by atoms with E-state index in [1.807, 2.05) is 31.2 Å². The summed E-state index contributed by atoms with van der Waals surface area (Å²) in [5, 5.41) is 21.0. The van der Waals surface area contributed by atoms with E-state index in [2.05, 4.69) is 10.3 Å². The topological polar surface area (TPSA) is 93.0 Å². The molecule has 162 valence electrons. The van der Waals surface area contributed by atoms with E-state index in [-0.39, 0.29) is 25.0 Å². The second kappa shape index (κ2) is 9.21. The van der Waals surface area contributed by atoms with Crippen LogP contribution in [0.2, 0.25) is 10.2 Å². The van der Waals surface area contributed by atoms with Crippen LogP contribution in [-0.4, -0.2) is 50.6 Å². The first-order valence-corrected chi connectivity index (χ1v) is 10.1. The van der Waals surface area contributed by atoms with Crippen molar-refractivity contribution in [3.8, 4) is 5.69 Å². The minimum absolute atomic E-state index is 0.0482. The van der Waals surface area contributed by atoms with Gasteiger partial charge in [-0.2, -0.15) is 0 Å². The van der Waals surface area contributed by atoms with E-state index in [9.17, 15) is 9.90 Å². The number of aryl methyl sites for hydroxylation is 1. The van der Waals surface area contributed by atoms with Crippen LogP contribution in [0, 0.1) is 6.92 Å². The van der Waals surface area contributed by atoms with E-state index >= 15 is 0 Å². The average Bonchev–Trinajstić information content (AvgIpc) is 3.19. The number of hydrogen-bond acceptors (Lipinski definition) is 7. The number of anilines is 1. The molecular formula is C20H19Cl2N5O4. The normalized spacial score (nSPS) is 15.8. The number of aliphatic carboxylic acids is 1. The lowest BCUT2D eigenvalue weighted by molar-refractivity contribution is -0.282. The number of nitrogens with zero attached hydrogens (tertiary/aromatic N) is 5. The third-order valence-electron chi connectivity index (χ3n) is 4.78. The molecule has 1 aromatic heterocycles. The van der Waals surface area contributed by atoms with Crippen molar-refractivity contribution < 1.29 is 19.6 Å². The van der Waals surface area contributed by atoms with Gasteiger partial charge in [-0.25, -0.2) is 9.75 Å². The number of hydrogen-bond donors (Lipinski definition) is 1. The second-order valence-electron chi connectivity index (χ2n) is 6.97. The van der Waals surface area contributed by atoms with Gasteiger partial charge in [0.1, 0.15) is 6.04 Å². The van der Waals surface area contributed by atoms with Crippen LogP contribution < -0.4 is 5.06 Å². The van der Waals surface area contributed by atoms with E-state index < -0.39 is 12.0 Å². The van der Waals surface area contributed by atoms with Crippen molar-refractivity contribution in [3.05, 3.63) is 70.0 Å². The number of carboxylic acids is 1. The Bertz CT molecular complexity index is 1070. The largest absolute Gasteiger partial charge is 0.480 e. The lowest BCUT2D eigenvalue weighted by Gasteiger charge is -2.37. The summed E-state index contributed by atoms with van der Waals surface area (Å²) in [5.74, 6) is -1.00. The first-order valence-electron chi connectivity index (χ1n) is 9.37. The molecule has 1 aliphatic rings. The predicted octanol–water partition coefficient (Wildman–Crippen LogP) is 3.48. The molecule has 9 nitrogen and oxygen atoms in total. The maximum absolute atomic E-state index is 11.9. The molecule has 4 rings (SSSR count). The first-order chi connectivity index (χ1) is 14.9. The van der Waals surface area contributed by atoms with E-state index in [1.165, 1.54) is 14.8 Å². The summed E-state index contributed by atoms with van der Waals surface area (Å²) in [6, 6.07) is 11.9. The maximum Gasteiger partial charge on any atom is 0.323 e. The van der Waals surface area contributed by atoms with Crippen molar-refractivity contribution in [2.75, 3.05) is 18.5 Å². The number of carboxylic acid groups (broad SMARTS) is 1. The van der Waals surface area contributed by atoms with Crippen LogP contribution in [0.4, 0.5) is 5.69 Å². The fourth-order valence-electron chi connectivity index (χ4n) is 3.16. The Morgan fingerprint density at radius 3 is 2.52 bits per heavy atom. The van der Waals surface area contributed by atoms with Gasteiger partial charge in [-0.05, 0) is 30.7 Å². The fraction of sp³-hybridized carbons (Fsp3) is 0.250. The molecular weight excluding hydrogens is 445 g/mol. The molecule has 1 aliphatic heterocycles. The van der Waals surface area contributed by atoms with Crippen LogP contribution in [0.3, 0.4) is 0 Å². The maximum atomic E-state index is 11.9. The summed E-state index contributed by atoms with van der Waals surface area (Å²) in [4.78, 5) is 23.4. The standard InChI is InChI=1S/C20H19Cl2N5O4/c1-13-2-4-14(5-3-13)8-18(20(28)29)27-12-30-26(11-31-27)17-9-15(21)6-7-16(17)25-10-19(22)23-24-25/h2-7,9-10,18H,8,11-12H2,1H3,(H,28,29). The van der Waals surface area contributed by atoms with Gasteiger partial charge in [-0.1, -0.05) is 58.2 Å². The Kier molecular flexibility index (Phi) is 6.40. The number of halogens is 2. The van der Waals surface area contributed by atoms with E-state index in [0.717, 1.165) is 11.1 Å². The molecule has 0 amide bonds. The molecule has 3 aromatic rings. The minimum Gasteiger partial charge on any atom is -0.480 e. The third-order valence-corrected chi connectivity index (χ3v) is 5.19. The molecule has 0 saturated carbocycles. The molecule has 31 heavy (non-hydrogen) atoms. The van der Waals surface area contributed by atoms with Gasteiger partial charge >= 0.3 is 5.97 Å². The predicted molar refractivity (Wildman–Crippen MR) is 114 cm³/mol. The summed E-state index contributed by atoms with van der Waals surface area (Å²) in [5.41, 5.74) is 3.19. The molecule has 1 atom stereocenters. The van der Waals surface area contributed by atoms with Crippen molar-refractivity contribution >= 4 is 34.9 Å². The van der Waals surface area contributed by atoms with E-state index in [1.54, 1.807) is 24.4 Å². The Balaban J connectivity index is 1.49. The van der Waals surface area contributed by atoms with Crippen molar-refractivity contribution in [1.29, 1.82) is 0 Å².